The monoisotopic (exact) mass is 362 g/mol. The second kappa shape index (κ2) is 18.0. The van der Waals surface area contributed by atoms with Crippen molar-refractivity contribution in [3.63, 3.8) is 0 Å². The molecule has 0 amide bonds. The van der Waals surface area contributed by atoms with Gasteiger partial charge in [0, 0.05) is 0 Å². The van der Waals surface area contributed by atoms with E-state index in [1.54, 1.807) is 0 Å². The van der Waals surface area contributed by atoms with Crippen LogP contribution in [0.2, 0.25) is 0 Å². The van der Waals surface area contributed by atoms with Gasteiger partial charge in [-0.2, -0.15) is 0 Å². The Morgan fingerprint density at radius 1 is 0.550 bits per heavy atom. The molecule has 0 spiro atoms. The molecule has 0 fully saturated rings. The first-order chi connectivity index (χ1) is 7.41. The maximum atomic E-state index is 9.75. The van der Waals surface area contributed by atoms with Crippen molar-refractivity contribution in [1.29, 1.82) is 0 Å². The zero-order valence-corrected chi connectivity index (χ0v) is 12.9. The first-order valence-corrected chi connectivity index (χ1v) is 3.62. The number of halogens is 12. The Hall–Kier alpha value is 0.951. The summed E-state index contributed by atoms with van der Waals surface area (Å²) in [6, 6.07) is 0. The Labute approximate surface area is 152 Å². The molecule has 0 unspecified atom stereocenters. The van der Waals surface area contributed by atoms with Crippen molar-refractivity contribution in [2.75, 3.05) is 14.1 Å². The Kier molecular flexibility index (Phi) is 33.6. The quantitative estimate of drug-likeness (QED) is 0.509. The number of hydrogen-bond donors (Lipinski definition) is 1. The summed E-state index contributed by atoms with van der Waals surface area (Å²) in [5.74, 6) is 0. The van der Waals surface area contributed by atoms with Crippen LogP contribution < -0.4 is 56.7 Å². The Bertz CT molecular complexity index is 126. The predicted molar refractivity (Wildman–Crippen MR) is 53.4 cm³/mol. The molecule has 0 aliphatic heterocycles. The molecule has 0 aliphatic carbocycles. The van der Waals surface area contributed by atoms with Gasteiger partial charge in [-0.1, -0.05) is 7.43 Å². The second-order valence-electron chi connectivity index (χ2n) is 1.98. The van der Waals surface area contributed by atoms with Gasteiger partial charge in [0.05, 0.1) is 0 Å². The molecule has 0 rings (SSSR count). The van der Waals surface area contributed by atoms with Gasteiger partial charge in [0.1, 0.15) is 0 Å². The maximum Gasteiger partial charge on any atom is 1.00 e. The van der Waals surface area contributed by atoms with E-state index in [0.717, 1.165) is 0 Å². The SMILES string of the molecule is C.CNC.F[B-](F)(F)F.F[B-](F)(F)F.F[B-](F)(F)F.[H-].[K+]. The molecule has 0 atom stereocenters. The smallest absolute Gasteiger partial charge is 1.00 e. The van der Waals surface area contributed by atoms with Crippen molar-refractivity contribution in [1.82, 2.24) is 5.32 Å². The van der Waals surface area contributed by atoms with Gasteiger partial charge in [-0.25, -0.2) is 0 Å². The molecule has 0 radical (unpaired) electrons. The molecular formula is C3H12B3F12KN-3. The minimum Gasteiger partial charge on any atom is -1.00 e. The third kappa shape index (κ3) is 6750. The summed E-state index contributed by atoms with van der Waals surface area (Å²) >= 11 is 0. The van der Waals surface area contributed by atoms with Gasteiger partial charge in [0.2, 0.25) is 0 Å². The molecule has 0 aromatic heterocycles. The normalized spacial score (nSPS) is 9.90. The Morgan fingerprint density at radius 2 is 0.550 bits per heavy atom. The summed E-state index contributed by atoms with van der Waals surface area (Å²) in [5, 5.41) is 2.75. The van der Waals surface area contributed by atoms with E-state index in [1.807, 2.05) is 14.1 Å². The molecule has 0 aromatic carbocycles. The van der Waals surface area contributed by atoms with Crippen LogP contribution in [0.5, 0.6) is 0 Å². The molecule has 0 saturated carbocycles. The summed E-state index contributed by atoms with van der Waals surface area (Å²) < 4.78 is 117. The van der Waals surface area contributed by atoms with Crippen LogP contribution in [0.1, 0.15) is 8.85 Å². The van der Waals surface area contributed by atoms with E-state index < -0.39 is 21.8 Å². The molecular weight excluding hydrogens is 350 g/mol. The third-order valence-electron chi connectivity index (χ3n) is 0. The van der Waals surface area contributed by atoms with E-state index in [0.29, 0.717) is 0 Å². The van der Waals surface area contributed by atoms with E-state index in [2.05, 4.69) is 5.32 Å². The van der Waals surface area contributed by atoms with Crippen LogP contribution in [-0.4, -0.2) is 35.9 Å². The van der Waals surface area contributed by atoms with Gasteiger partial charge in [0.25, 0.3) is 0 Å². The minimum atomic E-state index is -6.00. The van der Waals surface area contributed by atoms with Crippen LogP contribution in [0.25, 0.3) is 0 Å². The van der Waals surface area contributed by atoms with E-state index >= 15 is 0 Å². The molecule has 20 heavy (non-hydrogen) atoms. The van der Waals surface area contributed by atoms with Crippen molar-refractivity contribution >= 4 is 21.8 Å². The number of nitrogens with one attached hydrogen (secondary N) is 1. The molecule has 1 N–H and O–H groups in total. The largest absolute Gasteiger partial charge is 1.00 e. The van der Waals surface area contributed by atoms with Gasteiger partial charge >= 0.3 is 73.1 Å². The van der Waals surface area contributed by atoms with Crippen molar-refractivity contribution in [2.24, 2.45) is 0 Å². The molecule has 1 nitrogen and oxygen atoms in total. The van der Waals surface area contributed by atoms with Crippen LogP contribution in [0.4, 0.5) is 51.8 Å². The summed E-state index contributed by atoms with van der Waals surface area (Å²) in [6.45, 7) is 0. The van der Waals surface area contributed by atoms with E-state index in [9.17, 15) is 51.8 Å². The third-order valence-corrected chi connectivity index (χ3v) is 0. The molecule has 0 aromatic rings. The zero-order valence-electron chi connectivity index (χ0n) is 10.8. The summed E-state index contributed by atoms with van der Waals surface area (Å²) in [7, 11) is -14.2. The van der Waals surface area contributed by atoms with Crippen molar-refractivity contribution in [3.8, 4) is 0 Å². The van der Waals surface area contributed by atoms with Crippen molar-refractivity contribution in [2.45, 2.75) is 7.43 Å². The molecule has 0 bridgehead atoms. The molecule has 0 heterocycles. The first kappa shape index (κ1) is 37.3. The first-order valence-electron chi connectivity index (χ1n) is 3.62. The fourth-order valence-electron chi connectivity index (χ4n) is 0. The van der Waals surface area contributed by atoms with Gasteiger partial charge < -0.3 is 58.5 Å². The Balaban J connectivity index is -0.0000000241. The zero-order chi connectivity index (χ0) is 16.2. The van der Waals surface area contributed by atoms with E-state index in [1.165, 1.54) is 0 Å². The van der Waals surface area contributed by atoms with Crippen LogP contribution in [0.3, 0.4) is 0 Å². The van der Waals surface area contributed by atoms with E-state index in [-0.39, 0.29) is 60.2 Å². The maximum absolute atomic E-state index is 9.75. The average Bonchev–Trinajstić information content (AvgIpc) is 1.71. The number of hydrogen-bond acceptors (Lipinski definition) is 1. The van der Waals surface area contributed by atoms with Gasteiger partial charge in [-0.15, -0.1) is 0 Å². The molecule has 17 heteroatoms. The summed E-state index contributed by atoms with van der Waals surface area (Å²) in [4.78, 5) is 0. The summed E-state index contributed by atoms with van der Waals surface area (Å²) in [6.07, 6.45) is 0. The van der Waals surface area contributed by atoms with Gasteiger partial charge in [-0.05, 0) is 14.1 Å². The van der Waals surface area contributed by atoms with Crippen LogP contribution in [0, 0.1) is 0 Å². The molecule has 0 aliphatic rings. The van der Waals surface area contributed by atoms with Crippen LogP contribution in [-0.2, 0) is 0 Å². The molecule has 0 saturated heterocycles. The predicted octanol–water partition coefficient (Wildman–Crippen LogP) is 1.49. The Morgan fingerprint density at radius 3 is 0.550 bits per heavy atom. The van der Waals surface area contributed by atoms with Crippen LogP contribution >= 0.6 is 0 Å². The van der Waals surface area contributed by atoms with Crippen molar-refractivity contribution in [3.05, 3.63) is 0 Å². The van der Waals surface area contributed by atoms with Gasteiger partial charge in [-0.3, -0.25) is 0 Å². The number of rotatable bonds is 0. The topological polar surface area (TPSA) is 12.0 Å². The summed E-state index contributed by atoms with van der Waals surface area (Å²) in [5.41, 5.74) is 0. The average molecular weight is 362 g/mol. The fraction of sp³-hybridized carbons (Fsp3) is 1.00. The fourth-order valence-corrected chi connectivity index (χ4v) is 0. The second-order valence-corrected chi connectivity index (χ2v) is 1.98. The standard InChI is InChI=1S/C2H7N.CH4.3BF4.K.H/c1-3-2;;3*2-1(3,4)5;;/h3H,1-2H3;1H4;;;;;/q;;3*-1;+1;-1. The van der Waals surface area contributed by atoms with Crippen molar-refractivity contribution < 1.29 is 105 Å². The minimum absolute atomic E-state index is 0. The van der Waals surface area contributed by atoms with Crippen LogP contribution in [0.15, 0.2) is 0 Å². The van der Waals surface area contributed by atoms with E-state index in [4.69, 9.17) is 0 Å². The molecule has 126 valence electrons. The van der Waals surface area contributed by atoms with Gasteiger partial charge in [0.15, 0.2) is 0 Å².